The smallest absolute Gasteiger partial charge is 0.269 e. The predicted octanol–water partition coefficient (Wildman–Crippen LogP) is 8.26. The van der Waals surface area contributed by atoms with Gasteiger partial charge in [-0.3, -0.25) is 23.8 Å². The first-order valence-corrected chi connectivity index (χ1v) is 15.2. The van der Waals surface area contributed by atoms with Gasteiger partial charge in [0.25, 0.3) is 1.45 Å². The first-order valence-electron chi connectivity index (χ1n) is 13.5. The summed E-state index contributed by atoms with van der Waals surface area (Å²) in [5, 5.41) is 37.4. The summed E-state index contributed by atoms with van der Waals surface area (Å²) in [4.78, 5) is 35.9. The number of benzene rings is 2. The lowest BCUT2D eigenvalue weighted by atomic mass is 9.85. The van der Waals surface area contributed by atoms with Crippen molar-refractivity contribution < 1.29 is 62.9 Å². The van der Waals surface area contributed by atoms with Gasteiger partial charge in [-0.2, -0.15) is 0 Å². The van der Waals surface area contributed by atoms with E-state index in [1.165, 1.54) is 30.4 Å². The third-order valence-electron chi connectivity index (χ3n) is 6.41. The van der Waals surface area contributed by atoms with Gasteiger partial charge >= 0.3 is 0 Å². The average molecular weight is 831 g/mol. The van der Waals surface area contributed by atoms with Crippen molar-refractivity contribution in [1.29, 1.82) is 1.45 Å². The van der Waals surface area contributed by atoms with Crippen LogP contribution in [0.5, 0.6) is 23.0 Å². The van der Waals surface area contributed by atoms with Gasteiger partial charge < -0.3 is 29.9 Å². The fraction of sp³-hybridized carbons (Fsp3) is 0.441. The van der Waals surface area contributed by atoms with Crippen LogP contribution in [-0.4, -0.2) is 78.1 Å². The molecule has 4 N–H and O–H groups in total. The maximum atomic E-state index is 11.9. The number of allylic oxidation sites excluding steroid dienone is 2. The SMILES string of the molecule is C.C.C.C.CI.F.FF.O=C(/C=C/c1ccc(O)cc1)c1c(O)cc(O)cc1O.[2H]F.[B]C1=CC(=O)C(C)C(C)O1.[B][C@@H]1CC(=O)C(C)C(C)O1. The highest BCUT2D eigenvalue weighted by Crippen LogP contribution is 2.32. The van der Waals surface area contributed by atoms with Crippen LogP contribution >= 0.6 is 22.6 Å². The number of hydrogen-bond donors (Lipinski definition) is 4. The van der Waals surface area contributed by atoms with E-state index in [0.29, 0.717) is 12.0 Å². The van der Waals surface area contributed by atoms with Gasteiger partial charge in [-0.25, -0.2) is 0 Å². The maximum absolute atomic E-state index is 11.9. The van der Waals surface area contributed by atoms with Gasteiger partial charge in [0.1, 0.15) is 48.3 Å². The van der Waals surface area contributed by atoms with Crippen LogP contribution < -0.4 is 0 Å². The normalized spacial score (nSPS) is 19.7. The first-order chi connectivity index (χ1) is 21.7. The fourth-order valence-electron chi connectivity index (χ4n) is 3.63. The standard InChI is InChI=1S/C15H12O5.C7H11BO2.C7H9BO2.CH3I.4CH4.F2.2FH/c16-10-4-1-9(2-5-10)3-6-12(18)15-13(19)7-11(17)8-14(15)20;2*1-4-5(2)10-7(8)3-6(4)9;1-2;;;;;1-2;;/h1-8,16-17,19-20H;4-5,7H,3H2,1-2H3;3-5H,1-2H3;1H3;4*1H4;;2*1H/b6-3+;;;;;;;;;;/t;4?,5?,7-;;;;;;;;;/m.0........./s1/i/hD. The van der Waals surface area contributed by atoms with Crippen LogP contribution in [0.2, 0.25) is 0 Å². The molecule has 2 aliphatic heterocycles. The summed E-state index contributed by atoms with van der Waals surface area (Å²) in [6.07, 6.45) is 4.26. The van der Waals surface area contributed by atoms with Crippen molar-refractivity contribution in [2.24, 2.45) is 11.8 Å². The summed E-state index contributed by atoms with van der Waals surface area (Å²) in [5.41, 5.74) is 0.627. The van der Waals surface area contributed by atoms with Gasteiger partial charge in [-0.05, 0) is 42.6 Å². The third-order valence-corrected chi connectivity index (χ3v) is 6.41. The second-order valence-corrected chi connectivity index (χ2v) is 9.55. The Morgan fingerprint density at radius 1 is 0.880 bits per heavy atom. The zero-order valence-electron chi connectivity index (χ0n) is 26.7. The van der Waals surface area contributed by atoms with Crippen LogP contribution in [0.25, 0.3) is 6.08 Å². The molecular formula is C34H53B2F4IO9. The third kappa shape index (κ3) is 20.9. The zero-order valence-corrected chi connectivity index (χ0v) is 27.9. The second-order valence-electron chi connectivity index (χ2n) is 9.55. The van der Waals surface area contributed by atoms with Crippen molar-refractivity contribution in [3.8, 4) is 23.0 Å². The summed E-state index contributed by atoms with van der Waals surface area (Å²) >= 11 is 2.15. The lowest BCUT2D eigenvalue weighted by Crippen LogP contribution is -2.38. The number of ether oxygens (including phenoxy) is 2. The van der Waals surface area contributed by atoms with Gasteiger partial charge in [0.15, 0.2) is 19.4 Å². The largest absolute Gasteiger partial charge is 0.508 e. The van der Waals surface area contributed by atoms with Gasteiger partial charge in [0.05, 0.1) is 12.0 Å². The lowest BCUT2D eigenvalue weighted by molar-refractivity contribution is -0.137. The van der Waals surface area contributed by atoms with E-state index in [2.05, 4.69) is 24.0 Å². The van der Waals surface area contributed by atoms with Crippen LogP contribution in [-0.2, 0) is 19.1 Å². The number of phenolic OH excluding ortho intramolecular Hbond substituents is 4. The van der Waals surface area contributed by atoms with Gasteiger partial charge in [-0.1, -0.05) is 84.4 Å². The minimum atomic E-state index is -0.604. The van der Waals surface area contributed by atoms with Crippen molar-refractivity contribution in [3.63, 3.8) is 0 Å². The van der Waals surface area contributed by atoms with Gasteiger partial charge in [0, 0.05) is 51.4 Å². The fourth-order valence-corrected chi connectivity index (χ4v) is 3.63. The second kappa shape index (κ2) is 31.5. The average Bonchev–Trinajstić information content (AvgIpc) is 3.01. The number of carbonyl (C=O) groups excluding carboxylic acids is 3. The molecule has 4 radical (unpaired) electrons. The molecule has 4 rings (SSSR count). The summed E-state index contributed by atoms with van der Waals surface area (Å²) in [6, 6.07) is 7.73. The Hall–Kier alpha value is -3.53. The Labute approximate surface area is 312 Å². The number of hydrogen-bond acceptors (Lipinski definition) is 9. The molecule has 2 aromatic rings. The minimum absolute atomic E-state index is 0. The zero-order chi connectivity index (χ0) is 36.1. The number of phenols is 4. The first kappa shape index (κ1) is 58.7. The minimum Gasteiger partial charge on any atom is -0.508 e. The number of aromatic hydroxyl groups is 4. The highest BCUT2D eigenvalue weighted by Gasteiger charge is 2.29. The number of alkyl halides is 1. The Kier molecular flexibility index (Phi) is 36.9. The molecule has 16 heteroatoms. The van der Waals surface area contributed by atoms with Crippen LogP contribution in [0.4, 0.5) is 18.6 Å². The molecule has 1 fully saturated rings. The molecule has 2 aromatic carbocycles. The molecule has 0 aliphatic carbocycles. The highest BCUT2D eigenvalue weighted by molar-refractivity contribution is 14.1. The molecule has 0 saturated carbocycles. The Balaban J connectivity index is -0.000000108. The molecule has 2 heterocycles. The monoisotopic (exact) mass is 831 g/mol. The van der Waals surface area contributed by atoms with Crippen LogP contribution in [0.3, 0.4) is 0 Å². The predicted molar refractivity (Wildman–Crippen MR) is 204 cm³/mol. The summed E-state index contributed by atoms with van der Waals surface area (Å²) in [5.74, 6) is -1.60. The molecule has 50 heavy (non-hydrogen) atoms. The molecule has 0 amide bonds. The summed E-state index contributed by atoms with van der Waals surface area (Å²) < 4.78 is 39.3. The van der Waals surface area contributed by atoms with Crippen LogP contribution in [0.1, 0.15) is 79.7 Å². The highest BCUT2D eigenvalue weighted by atomic mass is 127. The van der Waals surface area contributed by atoms with E-state index in [0.717, 1.165) is 12.1 Å². The lowest BCUT2D eigenvalue weighted by Gasteiger charge is -2.29. The van der Waals surface area contributed by atoms with E-state index in [4.69, 9.17) is 49.2 Å². The van der Waals surface area contributed by atoms with E-state index < -0.39 is 17.3 Å². The molecule has 0 bridgehead atoms. The van der Waals surface area contributed by atoms with Gasteiger partial charge in [-0.15, -0.1) is 0 Å². The number of ketones is 3. The molecule has 1 saturated heterocycles. The van der Waals surface area contributed by atoms with Crippen molar-refractivity contribution in [2.75, 3.05) is 4.93 Å². The van der Waals surface area contributed by atoms with Crippen molar-refractivity contribution in [2.45, 2.75) is 82.0 Å². The molecule has 2 aliphatic rings. The molecule has 9 nitrogen and oxygen atoms in total. The Morgan fingerprint density at radius 3 is 1.76 bits per heavy atom. The van der Waals surface area contributed by atoms with Crippen LogP contribution in [0, 0.1) is 11.8 Å². The van der Waals surface area contributed by atoms with Gasteiger partial charge in [0.2, 0.25) is 0 Å². The molecule has 0 spiro atoms. The van der Waals surface area contributed by atoms with Crippen molar-refractivity contribution in [1.82, 2.24) is 0 Å². The van der Waals surface area contributed by atoms with E-state index in [9.17, 15) is 24.6 Å². The number of rotatable bonds is 3. The summed E-state index contributed by atoms with van der Waals surface area (Å²) in [6.45, 7) is 7.42. The molecule has 284 valence electrons. The van der Waals surface area contributed by atoms with E-state index in [-0.39, 0.29) is 98.7 Å². The maximum Gasteiger partial charge on any atom is 0.269 e. The molecule has 4 unspecified atom stereocenters. The van der Waals surface area contributed by atoms with Crippen molar-refractivity contribution >= 4 is 61.7 Å². The Bertz CT molecular complexity index is 1280. The van der Waals surface area contributed by atoms with Crippen molar-refractivity contribution in [3.05, 3.63) is 65.3 Å². The number of carbonyl (C=O) groups is 3. The molecule has 5 atom stereocenters. The van der Waals surface area contributed by atoms with E-state index in [1.807, 2.05) is 32.6 Å². The summed E-state index contributed by atoms with van der Waals surface area (Å²) in [7, 11) is 10.7. The topological polar surface area (TPSA) is 151 Å². The van der Waals surface area contributed by atoms with Crippen LogP contribution in [0.15, 0.2) is 54.2 Å². The molecule has 0 aromatic heterocycles. The Morgan fingerprint density at radius 2 is 1.34 bits per heavy atom. The quantitative estimate of drug-likeness (QED) is 0.0599. The van der Waals surface area contributed by atoms with E-state index in [1.54, 1.807) is 12.1 Å². The number of halogens is 5. The number of Topliss-reactive ketones (excluding diaryl/α,β-unsaturated/α-hetero) is 1. The molecular weight excluding hydrogens is 777 g/mol. The van der Waals surface area contributed by atoms with E-state index >= 15 is 0 Å².